The minimum absolute atomic E-state index is 0.00970. The summed E-state index contributed by atoms with van der Waals surface area (Å²) in [6.07, 6.45) is 10.7. The van der Waals surface area contributed by atoms with E-state index in [1.165, 1.54) is 18.4 Å². The number of phenols is 1. The zero-order valence-corrected chi connectivity index (χ0v) is 40.8. The van der Waals surface area contributed by atoms with Gasteiger partial charge in [0.25, 0.3) is 0 Å². The van der Waals surface area contributed by atoms with Crippen molar-refractivity contribution in [3.8, 4) is 23.3 Å². The summed E-state index contributed by atoms with van der Waals surface area (Å²) in [7, 11) is 1.53. The van der Waals surface area contributed by atoms with Crippen LogP contribution in [0.5, 0.6) is 11.5 Å². The average molecular weight is 946 g/mol. The van der Waals surface area contributed by atoms with Crippen molar-refractivity contribution in [3.63, 3.8) is 0 Å². The van der Waals surface area contributed by atoms with Crippen LogP contribution in [0.1, 0.15) is 123 Å². The minimum atomic E-state index is -1.22. The van der Waals surface area contributed by atoms with Gasteiger partial charge in [-0.3, -0.25) is 9.59 Å². The highest BCUT2D eigenvalue weighted by atomic mass is 16.5. The maximum Gasteiger partial charge on any atom is 0.160 e. The number of nitrogens with two attached hydrogens (primary N) is 1. The molecule has 1 aromatic heterocycles. The predicted molar refractivity (Wildman–Crippen MR) is 272 cm³/mol. The predicted octanol–water partition coefficient (Wildman–Crippen LogP) is 7.59. The number of methoxy groups -OCH3 is 1. The van der Waals surface area contributed by atoms with E-state index >= 15 is 0 Å². The molecule has 4 aromatic rings. The number of hydrogen-bond acceptors (Lipinski definition) is 10. The zero-order valence-electron chi connectivity index (χ0n) is 40.8. The van der Waals surface area contributed by atoms with Crippen molar-refractivity contribution in [2.24, 2.45) is 46.7 Å². The standard InChI is InChI=1S/C59H71N5O6/c1-3-61-32-48-46(23-40-31-64-49-29-42(66)28-47-43-17-21-63-58(43)57(48)55(40)56(47)49)38-15-19-59(53(69)25-38)18-14-34(45-30-50(67)51(70-2)24-37(45)11-13-52(59)68)10-12-41(65)27-44(39-16-20-62-54(60)26-39)36-9-8-33-6-4-5-7-35(33)22-36/h4-9,16-17,21-22,24,26,30,34,38,40-41,44,46-49,53,55-57,61-65,67,69H,3,10-13,15,19-20,23,25,27-29,31-32,60H2,1-2H3. The summed E-state index contributed by atoms with van der Waals surface area (Å²) < 4.78 is 5.58. The number of hydrogen-bond donors (Lipinski definition) is 8. The number of dihydropyridines is 1. The van der Waals surface area contributed by atoms with Gasteiger partial charge in [-0.15, -0.1) is 0 Å². The number of nitrogens with one attached hydrogen (secondary N) is 4. The van der Waals surface area contributed by atoms with Gasteiger partial charge in [-0.2, -0.15) is 0 Å². The molecule has 7 aliphatic rings. The Labute approximate surface area is 412 Å². The van der Waals surface area contributed by atoms with Gasteiger partial charge >= 0.3 is 0 Å². The number of ether oxygens (including phenoxy) is 1. The molecule has 368 valence electrons. The second-order valence-electron chi connectivity index (χ2n) is 22.0. The maximum atomic E-state index is 14.8. The van der Waals surface area contributed by atoms with Crippen LogP contribution in [0.3, 0.4) is 0 Å². The molecule has 0 amide bonds. The van der Waals surface area contributed by atoms with Gasteiger partial charge in [0.1, 0.15) is 11.2 Å². The monoisotopic (exact) mass is 946 g/mol. The van der Waals surface area contributed by atoms with Crippen molar-refractivity contribution in [3.05, 3.63) is 118 Å². The molecule has 0 radical (unpaired) electrons. The fourth-order valence-electron chi connectivity index (χ4n) is 15.2. The number of aromatic nitrogens is 1. The number of phenolic OH excluding ortho intramolecular Hbond substituents is 1. The Morgan fingerprint density at radius 1 is 1.00 bits per heavy atom. The van der Waals surface area contributed by atoms with Crippen molar-refractivity contribution in [1.29, 1.82) is 0 Å². The minimum Gasteiger partial charge on any atom is -0.504 e. The van der Waals surface area contributed by atoms with Gasteiger partial charge in [-0.1, -0.05) is 67.3 Å². The quantitative estimate of drug-likeness (QED) is 0.0660. The second kappa shape index (κ2) is 19.3. The number of carbonyl (C=O) groups excluding carboxylic acids is 2. The van der Waals surface area contributed by atoms with Gasteiger partial charge in [0.2, 0.25) is 0 Å². The number of carbonyl (C=O) groups is 2. The molecule has 2 aliphatic heterocycles. The topological polar surface area (TPSA) is 182 Å². The largest absolute Gasteiger partial charge is 0.504 e. The fourth-order valence-corrected chi connectivity index (χ4v) is 15.2. The smallest absolute Gasteiger partial charge is 0.160 e. The SMILES string of the molecule is CCNCC1C(C2CCC3(C#CC(CCC(O)CC(C4=CCNC(N)=C4)c4ccc5ccccc5c4)c4cc(O)c(OC)cc4CCC3=O)C(O)C2)CC2CNC3CC(=O)CC4c5cc[nH]c5C1C2C34. The summed E-state index contributed by atoms with van der Waals surface area (Å²) in [6.45, 7) is 5.47. The van der Waals surface area contributed by atoms with E-state index in [9.17, 15) is 24.9 Å². The summed E-state index contributed by atoms with van der Waals surface area (Å²) >= 11 is 0. The summed E-state index contributed by atoms with van der Waals surface area (Å²) in [5, 5.41) is 49.0. The second-order valence-corrected chi connectivity index (χ2v) is 22.0. The van der Waals surface area contributed by atoms with E-state index in [1.807, 2.05) is 24.3 Å². The lowest BCUT2D eigenvalue weighted by molar-refractivity contribution is -0.137. The molecule has 3 heterocycles. The lowest BCUT2D eigenvalue weighted by Crippen LogP contribution is -2.63. The molecule has 14 atom stereocenters. The number of aliphatic hydroxyl groups is 2. The molecule has 3 saturated carbocycles. The van der Waals surface area contributed by atoms with E-state index < -0.39 is 23.5 Å². The number of Topliss-reactive ketones (excluding diaryl/α,β-unsaturated/α-hetero) is 2. The molecule has 4 fully saturated rings. The number of aromatic hydroxyl groups is 1. The summed E-state index contributed by atoms with van der Waals surface area (Å²) in [5.41, 5.74) is 11.6. The number of aromatic amines is 1. The van der Waals surface area contributed by atoms with Crippen LogP contribution in [0.2, 0.25) is 0 Å². The van der Waals surface area contributed by atoms with Gasteiger partial charge < -0.3 is 46.7 Å². The number of fused-ring (bicyclic) bond motifs is 5. The highest BCUT2D eigenvalue weighted by Gasteiger charge is 2.60. The van der Waals surface area contributed by atoms with E-state index in [2.05, 4.69) is 88.4 Å². The third-order valence-corrected chi connectivity index (χ3v) is 18.5. The van der Waals surface area contributed by atoms with Crippen LogP contribution >= 0.6 is 0 Å². The van der Waals surface area contributed by atoms with Crippen molar-refractivity contribution >= 4 is 22.3 Å². The number of rotatable bonds is 12. The first-order valence-corrected chi connectivity index (χ1v) is 26.4. The summed E-state index contributed by atoms with van der Waals surface area (Å²) in [6, 6.07) is 20.8. The first-order valence-electron chi connectivity index (χ1n) is 26.4. The van der Waals surface area contributed by atoms with Gasteiger partial charge in [0, 0.05) is 61.5 Å². The molecule has 5 aliphatic carbocycles. The molecule has 11 heteroatoms. The van der Waals surface area contributed by atoms with E-state index in [1.54, 1.807) is 6.07 Å². The molecule has 3 aromatic carbocycles. The molecule has 11 rings (SSSR count). The van der Waals surface area contributed by atoms with Crippen LogP contribution in [0.4, 0.5) is 0 Å². The van der Waals surface area contributed by atoms with Crippen molar-refractivity contribution in [1.82, 2.24) is 20.9 Å². The van der Waals surface area contributed by atoms with Gasteiger partial charge in [0.15, 0.2) is 17.3 Å². The number of piperidine rings is 1. The van der Waals surface area contributed by atoms with Crippen LogP contribution in [-0.2, 0) is 16.0 Å². The number of allylic oxidation sites excluding steroid dienone is 2. The Bertz CT molecular complexity index is 2770. The number of benzene rings is 3. The Hall–Kier alpha value is -5.38. The van der Waals surface area contributed by atoms with Crippen molar-refractivity contribution in [2.75, 3.05) is 33.3 Å². The molecular formula is C59H71N5O6. The van der Waals surface area contributed by atoms with E-state index in [0.29, 0.717) is 111 Å². The molecule has 1 saturated heterocycles. The molecular weight excluding hydrogens is 875 g/mol. The van der Waals surface area contributed by atoms with E-state index in [0.717, 1.165) is 65.5 Å². The zero-order chi connectivity index (χ0) is 48.3. The molecule has 0 bridgehead atoms. The Balaban J connectivity index is 0.873. The Morgan fingerprint density at radius 2 is 1.86 bits per heavy atom. The Morgan fingerprint density at radius 3 is 2.67 bits per heavy atom. The van der Waals surface area contributed by atoms with E-state index in [-0.39, 0.29) is 41.7 Å². The summed E-state index contributed by atoms with van der Waals surface area (Å²) in [5.74, 6) is 10.8. The first kappa shape index (κ1) is 47.0. The fraction of sp³-hybridized carbons (Fsp3) is 0.525. The molecule has 11 nitrogen and oxygen atoms in total. The van der Waals surface area contributed by atoms with Crippen LogP contribution in [-0.4, -0.2) is 83.4 Å². The van der Waals surface area contributed by atoms with Crippen LogP contribution < -0.4 is 26.4 Å². The maximum absolute atomic E-state index is 14.8. The lowest BCUT2D eigenvalue weighted by Gasteiger charge is -2.61. The molecule has 1 spiro atoms. The number of ketones is 2. The third kappa shape index (κ3) is 8.46. The van der Waals surface area contributed by atoms with Gasteiger partial charge in [-0.05, 0) is 175 Å². The number of H-pyrrole nitrogens is 1. The summed E-state index contributed by atoms with van der Waals surface area (Å²) in [4.78, 5) is 31.6. The Kier molecular flexibility index (Phi) is 13.0. The molecule has 70 heavy (non-hydrogen) atoms. The molecule has 14 unspecified atom stereocenters. The molecule has 9 N–H and O–H groups in total. The number of aliphatic hydroxyl groups excluding tert-OH is 2. The van der Waals surface area contributed by atoms with Crippen LogP contribution in [0.15, 0.2) is 90.4 Å². The first-order chi connectivity index (χ1) is 34.0. The van der Waals surface area contributed by atoms with Gasteiger partial charge in [0.05, 0.1) is 25.1 Å². The third-order valence-electron chi connectivity index (χ3n) is 18.5. The van der Waals surface area contributed by atoms with Crippen LogP contribution in [0.25, 0.3) is 10.8 Å². The van der Waals surface area contributed by atoms with Crippen LogP contribution in [0, 0.1) is 52.8 Å². The van der Waals surface area contributed by atoms with Gasteiger partial charge in [-0.25, -0.2) is 0 Å². The van der Waals surface area contributed by atoms with Crippen molar-refractivity contribution in [2.45, 2.75) is 119 Å². The van der Waals surface area contributed by atoms with E-state index in [4.69, 9.17) is 10.5 Å². The van der Waals surface area contributed by atoms with Crippen molar-refractivity contribution < 1.29 is 29.6 Å². The normalized spacial score (nSPS) is 33.1. The highest BCUT2D eigenvalue weighted by Crippen LogP contribution is 2.63. The highest BCUT2D eigenvalue weighted by molar-refractivity contribution is 5.89. The average Bonchev–Trinajstić information content (AvgIpc) is 3.88. The lowest BCUT2D eigenvalue weighted by atomic mass is 9.46. The number of aryl methyl sites for hydroxylation is 1.